The van der Waals surface area contributed by atoms with Crippen molar-refractivity contribution in [1.82, 2.24) is 0 Å². The van der Waals surface area contributed by atoms with Crippen molar-refractivity contribution >= 4 is 17.9 Å². The third-order valence-electron chi connectivity index (χ3n) is 6.54. The molecule has 1 rings (SSSR count). The quantitative estimate of drug-likeness (QED) is 0.383. The van der Waals surface area contributed by atoms with Crippen LogP contribution in [-0.4, -0.2) is 36.2 Å². The molecule has 0 radical (unpaired) electrons. The Morgan fingerprint density at radius 3 is 1.90 bits per heavy atom. The van der Waals surface area contributed by atoms with Crippen LogP contribution >= 0.6 is 0 Å². The molecule has 0 saturated carbocycles. The molecule has 0 aliphatic rings. The minimum atomic E-state index is -1.20. The standard InChI is InChI=1S/C24H36O6/c1-8-22(3,4)16-24(7,23(5,6)9-2)21(28)30-15-14-29-20(27)18-13-11-10-12-17(18)19(25)26/h10-13H,8-9,14-16H2,1-7H3,(H,25,26). The number of aromatic carboxylic acids is 1. The fraction of sp³-hybridized carbons (Fsp3) is 0.625. The Labute approximate surface area is 180 Å². The number of hydrogen-bond acceptors (Lipinski definition) is 5. The topological polar surface area (TPSA) is 89.9 Å². The zero-order valence-electron chi connectivity index (χ0n) is 19.3. The van der Waals surface area contributed by atoms with E-state index in [1.807, 2.05) is 6.92 Å². The fourth-order valence-corrected chi connectivity index (χ4v) is 3.41. The van der Waals surface area contributed by atoms with Gasteiger partial charge in [-0.3, -0.25) is 4.79 Å². The van der Waals surface area contributed by atoms with Crippen molar-refractivity contribution in [1.29, 1.82) is 0 Å². The summed E-state index contributed by atoms with van der Waals surface area (Å²) in [5.74, 6) is -2.27. The molecule has 1 atom stereocenters. The van der Waals surface area contributed by atoms with E-state index in [0.717, 1.165) is 12.8 Å². The summed E-state index contributed by atoms with van der Waals surface area (Å²) in [6.07, 6.45) is 2.44. The minimum Gasteiger partial charge on any atom is -0.478 e. The Bertz CT molecular complexity index is 765. The van der Waals surface area contributed by atoms with Crippen LogP contribution in [0, 0.1) is 16.2 Å². The summed E-state index contributed by atoms with van der Waals surface area (Å²) < 4.78 is 10.7. The summed E-state index contributed by atoms with van der Waals surface area (Å²) in [5.41, 5.74) is -1.14. The molecule has 0 aliphatic carbocycles. The van der Waals surface area contributed by atoms with Gasteiger partial charge in [0.25, 0.3) is 0 Å². The summed E-state index contributed by atoms with van der Waals surface area (Å²) in [5, 5.41) is 9.18. The van der Waals surface area contributed by atoms with Crippen LogP contribution in [0.1, 0.15) is 88.4 Å². The molecule has 0 saturated heterocycles. The van der Waals surface area contributed by atoms with Crippen molar-refractivity contribution in [2.75, 3.05) is 13.2 Å². The monoisotopic (exact) mass is 420 g/mol. The molecular weight excluding hydrogens is 384 g/mol. The van der Waals surface area contributed by atoms with Gasteiger partial charge in [0.15, 0.2) is 0 Å². The SMILES string of the molecule is CCC(C)(C)CC(C)(C(=O)OCCOC(=O)c1ccccc1C(=O)O)C(C)(C)CC. The van der Waals surface area contributed by atoms with Crippen molar-refractivity contribution in [2.45, 2.75) is 67.7 Å². The van der Waals surface area contributed by atoms with Crippen molar-refractivity contribution in [3.05, 3.63) is 35.4 Å². The molecule has 0 heterocycles. The van der Waals surface area contributed by atoms with E-state index in [2.05, 4.69) is 41.5 Å². The second kappa shape index (κ2) is 10.1. The first-order valence-electron chi connectivity index (χ1n) is 10.5. The highest BCUT2D eigenvalue weighted by molar-refractivity contribution is 6.02. The highest BCUT2D eigenvalue weighted by Gasteiger charge is 2.49. The van der Waals surface area contributed by atoms with Crippen LogP contribution in [0.15, 0.2) is 24.3 Å². The van der Waals surface area contributed by atoms with Gasteiger partial charge in [0.1, 0.15) is 13.2 Å². The Kier molecular flexibility index (Phi) is 8.64. The van der Waals surface area contributed by atoms with E-state index in [9.17, 15) is 19.5 Å². The molecule has 1 N–H and O–H groups in total. The number of rotatable bonds is 11. The first-order chi connectivity index (χ1) is 13.8. The van der Waals surface area contributed by atoms with Gasteiger partial charge in [0.2, 0.25) is 0 Å². The van der Waals surface area contributed by atoms with Crippen molar-refractivity contribution in [3.63, 3.8) is 0 Å². The molecule has 6 heteroatoms. The van der Waals surface area contributed by atoms with E-state index >= 15 is 0 Å². The summed E-state index contributed by atoms with van der Waals surface area (Å²) in [7, 11) is 0. The van der Waals surface area contributed by atoms with Crippen molar-refractivity contribution in [3.8, 4) is 0 Å². The third-order valence-corrected chi connectivity index (χ3v) is 6.54. The summed E-state index contributed by atoms with van der Waals surface area (Å²) in [6, 6.07) is 5.84. The van der Waals surface area contributed by atoms with Gasteiger partial charge in [0.05, 0.1) is 16.5 Å². The van der Waals surface area contributed by atoms with Crippen molar-refractivity contribution < 1.29 is 29.0 Å². The van der Waals surface area contributed by atoms with Crippen LogP contribution in [0.2, 0.25) is 0 Å². The summed E-state index contributed by atoms with van der Waals surface area (Å²) in [6.45, 7) is 14.3. The molecule has 1 aromatic carbocycles. The van der Waals surface area contributed by atoms with E-state index in [1.54, 1.807) is 6.07 Å². The lowest BCUT2D eigenvalue weighted by atomic mass is 9.58. The lowest BCUT2D eigenvalue weighted by molar-refractivity contribution is -0.167. The number of benzene rings is 1. The van der Waals surface area contributed by atoms with Crippen LogP contribution in [0.4, 0.5) is 0 Å². The number of carbonyl (C=O) groups excluding carboxylic acids is 2. The maximum Gasteiger partial charge on any atom is 0.339 e. The van der Waals surface area contributed by atoms with Gasteiger partial charge in [0, 0.05) is 0 Å². The molecule has 0 aromatic heterocycles. The predicted octanol–water partition coefficient (Wildman–Crippen LogP) is 5.35. The highest BCUT2D eigenvalue weighted by Crippen LogP contribution is 2.50. The fourth-order valence-electron chi connectivity index (χ4n) is 3.41. The maximum atomic E-state index is 13.1. The van der Waals surface area contributed by atoms with Gasteiger partial charge >= 0.3 is 17.9 Å². The van der Waals surface area contributed by atoms with Crippen LogP contribution < -0.4 is 0 Å². The molecule has 0 amide bonds. The normalized spacial score (nSPS) is 14.0. The Morgan fingerprint density at radius 2 is 1.40 bits per heavy atom. The molecule has 1 unspecified atom stereocenters. The summed E-state index contributed by atoms with van der Waals surface area (Å²) >= 11 is 0. The molecular formula is C24H36O6. The van der Waals surface area contributed by atoms with E-state index in [4.69, 9.17) is 9.47 Å². The average molecular weight is 421 g/mol. The number of hydrogen-bond donors (Lipinski definition) is 1. The zero-order valence-corrected chi connectivity index (χ0v) is 19.3. The van der Waals surface area contributed by atoms with Gasteiger partial charge in [-0.2, -0.15) is 0 Å². The molecule has 30 heavy (non-hydrogen) atoms. The highest BCUT2D eigenvalue weighted by atomic mass is 16.6. The Morgan fingerprint density at radius 1 is 0.867 bits per heavy atom. The lowest BCUT2D eigenvalue weighted by Crippen LogP contribution is -2.46. The largest absolute Gasteiger partial charge is 0.478 e. The maximum absolute atomic E-state index is 13.1. The number of carboxylic acids is 1. The molecule has 6 nitrogen and oxygen atoms in total. The second-order valence-corrected chi connectivity index (χ2v) is 9.39. The molecule has 0 aliphatic heterocycles. The minimum absolute atomic E-state index is 0.0206. The van der Waals surface area contributed by atoms with E-state index < -0.39 is 17.4 Å². The lowest BCUT2D eigenvalue weighted by Gasteiger charge is -2.45. The number of carboxylic acid groups (broad SMARTS) is 1. The van der Waals surface area contributed by atoms with Gasteiger partial charge < -0.3 is 14.6 Å². The van der Waals surface area contributed by atoms with E-state index in [-0.39, 0.29) is 41.1 Å². The first-order valence-corrected chi connectivity index (χ1v) is 10.5. The molecule has 0 spiro atoms. The number of ether oxygens (including phenoxy) is 2. The zero-order chi connectivity index (χ0) is 23.2. The van der Waals surface area contributed by atoms with Crippen LogP contribution in [0.25, 0.3) is 0 Å². The van der Waals surface area contributed by atoms with Gasteiger partial charge in [-0.15, -0.1) is 0 Å². The van der Waals surface area contributed by atoms with Crippen LogP contribution in [0.3, 0.4) is 0 Å². The molecule has 0 bridgehead atoms. The van der Waals surface area contributed by atoms with Gasteiger partial charge in [-0.25, -0.2) is 9.59 Å². The summed E-state index contributed by atoms with van der Waals surface area (Å²) in [4.78, 5) is 36.5. The first kappa shape index (κ1) is 25.7. The van der Waals surface area contributed by atoms with Gasteiger partial charge in [-0.05, 0) is 42.7 Å². The number of carbonyl (C=O) groups is 3. The molecule has 1 aromatic rings. The third kappa shape index (κ3) is 6.07. The van der Waals surface area contributed by atoms with E-state index in [1.165, 1.54) is 18.2 Å². The van der Waals surface area contributed by atoms with E-state index in [0.29, 0.717) is 6.42 Å². The van der Waals surface area contributed by atoms with Crippen LogP contribution in [-0.2, 0) is 14.3 Å². The number of esters is 2. The Hall–Kier alpha value is -2.37. The second-order valence-electron chi connectivity index (χ2n) is 9.39. The molecule has 168 valence electrons. The predicted molar refractivity (Wildman–Crippen MR) is 116 cm³/mol. The smallest absolute Gasteiger partial charge is 0.339 e. The molecule has 0 fully saturated rings. The van der Waals surface area contributed by atoms with Crippen LogP contribution in [0.5, 0.6) is 0 Å². The van der Waals surface area contributed by atoms with Crippen molar-refractivity contribution in [2.24, 2.45) is 16.2 Å². The Balaban J connectivity index is 2.79. The van der Waals surface area contributed by atoms with Gasteiger partial charge in [-0.1, -0.05) is 60.1 Å². The average Bonchev–Trinajstić information content (AvgIpc) is 2.70.